The molecule has 3 aliphatic heterocycles. The van der Waals surface area contributed by atoms with E-state index in [0.717, 1.165) is 50.8 Å². The van der Waals surface area contributed by atoms with Crippen LogP contribution in [0.5, 0.6) is 5.75 Å². The second kappa shape index (κ2) is 9.53. The molecule has 1 unspecified atom stereocenters. The van der Waals surface area contributed by atoms with Crippen LogP contribution in [0.1, 0.15) is 50.0 Å². The highest BCUT2D eigenvalue weighted by molar-refractivity contribution is 7.88. The minimum atomic E-state index is -3.31. The lowest BCUT2D eigenvalue weighted by atomic mass is 9.82. The van der Waals surface area contributed by atoms with E-state index < -0.39 is 10.0 Å². The van der Waals surface area contributed by atoms with Crippen molar-refractivity contribution in [1.82, 2.24) is 9.62 Å². The molecule has 3 heterocycles. The van der Waals surface area contributed by atoms with Crippen molar-refractivity contribution in [1.29, 1.82) is 0 Å². The van der Waals surface area contributed by atoms with Crippen LogP contribution < -0.4 is 9.46 Å². The Labute approximate surface area is 179 Å². The molecule has 3 atom stereocenters. The summed E-state index contributed by atoms with van der Waals surface area (Å²) in [5, 5.41) is 10.1. The molecule has 1 saturated heterocycles. The summed E-state index contributed by atoms with van der Waals surface area (Å²) in [6.45, 7) is 1.78. The van der Waals surface area contributed by atoms with E-state index in [1.165, 1.54) is 11.8 Å². The van der Waals surface area contributed by atoms with Crippen LogP contribution in [0.3, 0.4) is 0 Å². The van der Waals surface area contributed by atoms with Gasteiger partial charge in [-0.25, -0.2) is 13.1 Å². The Morgan fingerprint density at radius 3 is 2.67 bits per heavy atom. The third kappa shape index (κ3) is 5.34. The van der Waals surface area contributed by atoms with Gasteiger partial charge in [0.1, 0.15) is 11.9 Å². The van der Waals surface area contributed by atoms with Crippen molar-refractivity contribution in [3.8, 4) is 5.75 Å². The van der Waals surface area contributed by atoms with Crippen molar-refractivity contribution in [3.63, 3.8) is 0 Å². The predicted octanol–water partition coefficient (Wildman–Crippen LogP) is 1.86. The molecule has 2 fully saturated rings. The van der Waals surface area contributed by atoms with Crippen LogP contribution in [-0.4, -0.2) is 75.3 Å². The van der Waals surface area contributed by atoms with Crippen LogP contribution in [0.4, 0.5) is 0 Å². The van der Waals surface area contributed by atoms with Crippen LogP contribution in [0, 0.1) is 0 Å². The Morgan fingerprint density at radius 2 is 1.93 bits per heavy atom. The van der Waals surface area contributed by atoms with Crippen LogP contribution >= 0.6 is 0 Å². The number of benzene rings is 1. The van der Waals surface area contributed by atoms with Gasteiger partial charge < -0.3 is 14.6 Å². The molecule has 1 aromatic carbocycles. The molecule has 0 aromatic heterocycles. The smallest absolute Gasteiger partial charge is 0.209 e. The Hall–Kier alpha value is -1.19. The maximum Gasteiger partial charge on any atom is 0.209 e. The number of aliphatic hydroxyl groups excluding tert-OH is 1. The van der Waals surface area contributed by atoms with Gasteiger partial charge in [0, 0.05) is 18.6 Å². The number of ether oxygens (including phenoxy) is 2. The number of aliphatic hydroxyl groups is 1. The van der Waals surface area contributed by atoms with E-state index in [4.69, 9.17) is 9.47 Å². The van der Waals surface area contributed by atoms with E-state index in [-0.39, 0.29) is 30.9 Å². The summed E-state index contributed by atoms with van der Waals surface area (Å²) in [7, 11) is -3.31. The van der Waals surface area contributed by atoms with Gasteiger partial charge in [0.25, 0.3) is 0 Å². The van der Waals surface area contributed by atoms with Crippen LogP contribution in [-0.2, 0) is 14.8 Å². The Bertz CT molecular complexity index is 810. The van der Waals surface area contributed by atoms with E-state index in [1.807, 2.05) is 12.1 Å². The molecule has 1 aliphatic carbocycles. The number of fused-ring (bicyclic) bond motifs is 5. The van der Waals surface area contributed by atoms with E-state index in [0.29, 0.717) is 19.1 Å². The van der Waals surface area contributed by atoms with Crippen molar-refractivity contribution in [2.24, 2.45) is 0 Å². The zero-order valence-electron chi connectivity index (χ0n) is 17.7. The first-order valence-electron chi connectivity index (χ1n) is 11.1. The number of nitrogens with one attached hydrogen (secondary N) is 1. The minimum Gasteiger partial charge on any atom is -0.486 e. The quantitative estimate of drug-likeness (QED) is 0.749. The number of sulfonamides is 1. The van der Waals surface area contributed by atoms with E-state index >= 15 is 0 Å². The minimum absolute atomic E-state index is 0.0696. The van der Waals surface area contributed by atoms with Crippen molar-refractivity contribution in [2.75, 3.05) is 32.6 Å². The lowest BCUT2D eigenvalue weighted by molar-refractivity contribution is -0.0367. The lowest BCUT2D eigenvalue weighted by Gasteiger charge is -2.42. The summed E-state index contributed by atoms with van der Waals surface area (Å²) < 4.78 is 39.4. The molecule has 30 heavy (non-hydrogen) atoms. The first kappa shape index (κ1) is 22.0. The normalized spacial score (nSPS) is 33.3. The summed E-state index contributed by atoms with van der Waals surface area (Å²) in [5.41, 5.74) is 1.22. The maximum absolute atomic E-state index is 11.9. The number of piperidine rings is 1. The lowest BCUT2D eigenvalue weighted by Crippen LogP contribution is -2.59. The number of para-hydroxylation sites is 1. The number of nitrogens with zero attached hydrogens (tertiary/aromatic N) is 1. The molecular weight excluding hydrogens is 404 g/mol. The third-order valence-electron chi connectivity index (χ3n) is 6.73. The maximum atomic E-state index is 11.9. The van der Waals surface area contributed by atoms with Crippen molar-refractivity contribution in [3.05, 3.63) is 29.8 Å². The SMILES string of the molecule is CS(=O)(=O)NC1CCCN2C[C@@H](CO)Oc3ccccc3[C@H]3CC[C@H](CC3)OC[C@@H]12. The summed E-state index contributed by atoms with van der Waals surface area (Å²) in [6.07, 6.45) is 6.84. The molecule has 7 nitrogen and oxygen atoms in total. The molecule has 1 saturated carbocycles. The molecule has 0 amide bonds. The molecule has 0 radical (unpaired) electrons. The van der Waals surface area contributed by atoms with Crippen molar-refractivity contribution >= 4 is 10.0 Å². The number of hydrogen-bond acceptors (Lipinski definition) is 6. The Morgan fingerprint density at radius 1 is 1.17 bits per heavy atom. The number of rotatable bonds is 3. The zero-order chi connectivity index (χ0) is 21.1. The monoisotopic (exact) mass is 438 g/mol. The van der Waals surface area contributed by atoms with Gasteiger partial charge in [-0.1, -0.05) is 18.2 Å². The molecule has 5 rings (SSSR count). The fraction of sp³-hybridized carbons (Fsp3) is 0.727. The molecule has 168 valence electrons. The van der Waals surface area contributed by atoms with Gasteiger partial charge in [0.15, 0.2) is 0 Å². The Balaban J connectivity index is 1.62. The van der Waals surface area contributed by atoms with Gasteiger partial charge in [-0.3, -0.25) is 4.90 Å². The first-order chi connectivity index (χ1) is 14.4. The Kier molecular flexibility index (Phi) is 6.99. The third-order valence-corrected chi connectivity index (χ3v) is 7.46. The first-order valence-corrected chi connectivity index (χ1v) is 13.0. The van der Waals surface area contributed by atoms with Crippen LogP contribution in [0.15, 0.2) is 24.3 Å². The molecule has 2 bridgehead atoms. The molecule has 2 N–H and O–H groups in total. The number of hydrogen-bond donors (Lipinski definition) is 2. The van der Waals surface area contributed by atoms with Gasteiger partial charge in [0.2, 0.25) is 10.0 Å². The largest absolute Gasteiger partial charge is 0.486 e. The van der Waals surface area contributed by atoms with Gasteiger partial charge in [0.05, 0.1) is 25.6 Å². The van der Waals surface area contributed by atoms with E-state index in [2.05, 4.69) is 21.8 Å². The summed E-state index contributed by atoms with van der Waals surface area (Å²) in [5.74, 6) is 1.31. The fourth-order valence-corrected chi connectivity index (χ4v) is 6.09. The van der Waals surface area contributed by atoms with Gasteiger partial charge in [-0.2, -0.15) is 0 Å². The fourth-order valence-electron chi connectivity index (χ4n) is 5.26. The molecule has 1 aromatic rings. The second-order valence-corrected chi connectivity index (χ2v) is 10.7. The molecule has 0 spiro atoms. The molecule has 8 heteroatoms. The van der Waals surface area contributed by atoms with E-state index in [9.17, 15) is 13.5 Å². The highest BCUT2D eigenvalue weighted by Gasteiger charge is 2.36. The van der Waals surface area contributed by atoms with Crippen molar-refractivity contribution < 1.29 is 23.0 Å². The van der Waals surface area contributed by atoms with Gasteiger partial charge in [-0.15, -0.1) is 0 Å². The van der Waals surface area contributed by atoms with Gasteiger partial charge >= 0.3 is 0 Å². The van der Waals surface area contributed by atoms with E-state index in [1.54, 1.807) is 0 Å². The van der Waals surface area contributed by atoms with Crippen LogP contribution in [0.2, 0.25) is 0 Å². The van der Waals surface area contributed by atoms with Gasteiger partial charge in [-0.05, 0) is 62.6 Å². The molecule has 4 aliphatic rings. The summed E-state index contributed by atoms with van der Waals surface area (Å²) >= 11 is 0. The topological polar surface area (TPSA) is 88.1 Å². The second-order valence-electron chi connectivity index (χ2n) is 8.97. The summed E-state index contributed by atoms with van der Waals surface area (Å²) in [6, 6.07) is 7.92. The standard InChI is InChI=1S/C22H34N2O5S/c1-30(26,27)23-20-6-4-12-24-13-18(14-25)29-22-7-3-2-5-19(22)16-8-10-17(11-9-16)28-15-21(20)24/h2-3,5,7,16-18,20-21,23,25H,4,6,8-15H2,1H3/t16-,17+,18-,20?,21-/m0/s1. The summed E-state index contributed by atoms with van der Waals surface area (Å²) in [4.78, 5) is 2.24. The highest BCUT2D eigenvalue weighted by Crippen LogP contribution is 2.39. The average Bonchev–Trinajstić information content (AvgIpc) is 2.74. The highest BCUT2D eigenvalue weighted by atomic mass is 32.2. The molecular formula is C22H34N2O5S. The van der Waals surface area contributed by atoms with Crippen LogP contribution in [0.25, 0.3) is 0 Å². The van der Waals surface area contributed by atoms with Crippen molar-refractivity contribution in [2.45, 2.75) is 68.7 Å². The zero-order valence-corrected chi connectivity index (χ0v) is 18.5. The average molecular weight is 439 g/mol. The predicted molar refractivity (Wildman–Crippen MR) is 115 cm³/mol.